The Morgan fingerprint density at radius 3 is 2.68 bits per heavy atom. The summed E-state index contributed by atoms with van der Waals surface area (Å²) in [4.78, 5) is 17.1. The van der Waals surface area contributed by atoms with E-state index >= 15 is 0 Å². The summed E-state index contributed by atoms with van der Waals surface area (Å²) in [5.74, 6) is 0.590. The fourth-order valence-corrected chi connectivity index (χ4v) is 3.50. The van der Waals surface area contributed by atoms with Crippen LogP contribution >= 0.6 is 0 Å². The Balaban J connectivity index is 1.59. The number of carboxylic acids is 1. The van der Waals surface area contributed by atoms with E-state index in [0.29, 0.717) is 18.6 Å². The highest BCUT2D eigenvalue weighted by atomic mass is 16.6. The number of piperidine rings is 1. The molecule has 0 aromatic heterocycles. The fourth-order valence-electron chi connectivity index (χ4n) is 3.50. The zero-order chi connectivity index (χ0) is 17.7. The van der Waals surface area contributed by atoms with Crippen molar-refractivity contribution in [1.29, 1.82) is 0 Å². The molecule has 1 fully saturated rings. The molecule has 1 saturated heterocycles. The summed E-state index contributed by atoms with van der Waals surface area (Å²) in [6.07, 6.45) is 5.10. The van der Waals surface area contributed by atoms with Crippen molar-refractivity contribution >= 4 is 12.2 Å². The van der Waals surface area contributed by atoms with Gasteiger partial charge in [-0.2, -0.15) is 0 Å². The molecule has 0 spiro atoms. The molecule has 0 amide bonds. The number of nitrogens with one attached hydrogen (secondary N) is 1. The molecule has 1 aromatic carbocycles. The van der Waals surface area contributed by atoms with Crippen molar-refractivity contribution in [2.45, 2.75) is 44.1 Å². The number of oxime groups is 1. The summed E-state index contributed by atoms with van der Waals surface area (Å²) in [5, 5.41) is 16.8. The van der Waals surface area contributed by atoms with E-state index in [9.17, 15) is 9.90 Å². The van der Waals surface area contributed by atoms with Gasteiger partial charge in [0.15, 0.2) is 6.10 Å². The van der Waals surface area contributed by atoms with Crippen LogP contribution < -0.4 is 10.1 Å². The van der Waals surface area contributed by atoms with Crippen LogP contribution in [-0.4, -0.2) is 43.1 Å². The van der Waals surface area contributed by atoms with E-state index in [4.69, 9.17) is 9.57 Å². The molecule has 0 bridgehead atoms. The summed E-state index contributed by atoms with van der Waals surface area (Å²) in [5.41, 5.74) is -0.439. The normalized spacial score (nSPS) is 23.0. The largest absolute Gasteiger partial charge is 0.494 e. The van der Waals surface area contributed by atoms with Gasteiger partial charge in [0.25, 0.3) is 0 Å². The first-order valence-electron chi connectivity index (χ1n) is 8.96. The van der Waals surface area contributed by atoms with Crippen molar-refractivity contribution in [1.82, 2.24) is 5.32 Å². The molecule has 0 saturated carbocycles. The Morgan fingerprint density at radius 1 is 1.36 bits per heavy atom. The number of ether oxygens (including phenoxy) is 1. The van der Waals surface area contributed by atoms with E-state index in [0.717, 1.165) is 31.2 Å². The Labute approximate surface area is 148 Å². The topological polar surface area (TPSA) is 80.2 Å². The number of hydrogen-bond acceptors (Lipinski definition) is 5. The van der Waals surface area contributed by atoms with Gasteiger partial charge >= 0.3 is 5.97 Å². The number of nitrogens with zero attached hydrogens (tertiary/aromatic N) is 1. The van der Waals surface area contributed by atoms with Crippen LogP contribution in [0.5, 0.6) is 5.75 Å². The highest BCUT2D eigenvalue weighted by Gasteiger charge is 2.46. The molecule has 2 N–H and O–H groups in total. The van der Waals surface area contributed by atoms with Crippen molar-refractivity contribution in [2.24, 2.45) is 11.1 Å². The van der Waals surface area contributed by atoms with Crippen LogP contribution in [0.3, 0.4) is 0 Å². The summed E-state index contributed by atoms with van der Waals surface area (Å²) in [7, 11) is 0. The molecular formula is C19H26N2O4. The van der Waals surface area contributed by atoms with Crippen LogP contribution in [0.1, 0.15) is 38.2 Å². The highest BCUT2D eigenvalue weighted by molar-refractivity contribution is 5.83. The number of carboxylic acid groups (broad SMARTS) is 1. The maximum absolute atomic E-state index is 11.9. The average molecular weight is 346 g/mol. The first-order chi connectivity index (χ1) is 12.1. The van der Waals surface area contributed by atoms with E-state index < -0.39 is 17.5 Å². The third-order valence-corrected chi connectivity index (χ3v) is 5.38. The smallest absolute Gasteiger partial charge is 0.317 e. The van der Waals surface area contributed by atoms with Gasteiger partial charge in [-0.05, 0) is 62.9 Å². The molecule has 6 heteroatoms. The van der Waals surface area contributed by atoms with E-state index in [1.807, 2.05) is 24.3 Å². The van der Waals surface area contributed by atoms with Crippen molar-refractivity contribution in [3.05, 3.63) is 29.8 Å². The van der Waals surface area contributed by atoms with Gasteiger partial charge in [-0.1, -0.05) is 17.3 Å². The molecule has 25 heavy (non-hydrogen) atoms. The van der Waals surface area contributed by atoms with Crippen LogP contribution in [0.15, 0.2) is 29.4 Å². The first-order valence-corrected chi connectivity index (χ1v) is 8.96. The summed E-state index contributed by atoms with van der Waals surface area (Å²) in [6.45, 7) is 4.57. The quantitative estimate of drug-likeness (QED) is 0.793. The standard InChI is InChI=1S/C19H26N2O4/c1-19(18(22)23,17-8-12-21-25-17)15-2-4-16(5-3-15)24-13-9-14-6-10-20-11-7-14/h2-5,12,14,17,20H,6-11,13H2,1H3,(H,22,23)/t17-,19+/m1/s1. The minimum absolute atomic E-state index is 0.489. The van der Waals surface area contributed by atoms with Gasteiger partial charge in [0.2, 0.25) is 0 Å². The molecule has 6 nitrogen and oxygen atoms in total. The van der Waals surface area contributed by atoms with Crippen LogP contribution in [0.2, 0.25) is 0 Å². The average Bonchev–Trinajstić information content (AvgIpc) is 3.17. The van der Waals surface area contributed by atoms with Crippen LogP contribution in [-0.2, 0) is 15.0 Å². The number of rotatable bonds is 7. The molecule has 0 unspecified atom stereocenters. The monoisotopic (exact) mass is 346 g/mol. The van der Waals surface area contributed by atoms with Gasteiger partial charge in [-0.15, -0.1) is 0 Å². The highest BCUT2D eigenvalue weighted by Crippen LogP contribution is 2.34. The SMILES string of the molecule is C[C@](C(=O)O)(c1ccc(OCCC2CCNCC2)cc1)[C@H]1CC=NO1. The molecule has 3 rings (SSSR count). The maximum Gasteiger partial charge on any atom is 0.317 e. The molecule has 2 atom stereocenters. The lowest BCUT2D eigenvalue weighted by atomic mass is 9.76. The fraction of sp³-hybridized carbons (Fsp3) is 0.579. The predicted molar refractivity (Wildman–Crippen MR) is 95.1 cm³/mol. The first kappa shape index (κ1) is 17.7. The lowest BCUT2D eigenvalue weighted by Gasteiger charge is -2.29. The molecular weight excluding hydrogens is 320 g/mol. The second-order valence-corrected chi connectivity index (χ2v) is 6.98. The van der Waals surface area contributed by atoms with Gasteiger partial charge in [0.05, 0.1) is 6.61 Å². The third kappa shape index (κ3) is 3.95. The van der Waals surface area contributed by atoms with Gasteiger partial charge in [0.1, 0.15) is 11.2 Å². The van der Waals surface area contributed by atoms with E-state index in [2.05, 4.69) is 10.5 Å². The minimum Gasteiger partial charge on any atom is -0.494 e. The summed E-state index contributed by atoms with van der Waals surface area (Å²) >= 11 is 0. The third-order valence-electron chi connectivity index (χ3n) is 5.38. The Hall–Kier alpha value is -2.08. The molecule has 0 radical (unpaired) electrons. The summed E-state index contributed by atoms with van der Waals surface area (Å²) in [6, 6.07) is 7.31. The zero-order valence-corrected chi connectivity index (χ0v) is 14.6. The Bertz CT molecular complexity index is 602. The predicted octanol–water partition coefficient (Wildman–Crippen LogP) is 2.57. The van der Waals surface area contributed by atoms with Gasteiger partial charge in [-0.25, -0.2) is 0 Å². The Morgan fingerprint density at radius 2 is 2.08 bits per heavy atom. The van der Waals surface area contributed by atoms with Gasteiger partial charge < -0.3 is 20.0 Å². The molecule has 0 aliphatic carbocycles. The van der Waals surface area contributed by atoms with Crippen molar-refractivity contribution in [3.63, 3.8) is 0 Å². The molecule has 2 aliphatic rings. The number of benzene rings is 1. The second-order valence-electron chi connectivity index (χ2n) is 6.98. The zero-order valence-electron chi connectivity index (χ0n) is 14.6. The van der Waals surface area contributed by atoms with Crippen molar-refractivity contribution in [3.8, 4) is 5.75 Å². The Kier molecular flexibility index (Phi) is 5.58. The van der Waals surface area contributed by atoms with E-state index in [1.54, 1.807) is 13.1 Å². The van der Waals surface area contributed by atoms with Gasteiger partial charge in [-0.3, -0.25) is 4.79 Å². The molecule has 2 heterocycles. The summed E-state index contributed by atoms with van der Waals surface area (Å²) < 4.78 is 5.84. The lowest BCUT2D eigenvalue weighted by Crippen LogP contribution is -2.44. The molecule has 2 aliphatic heterocycles. The van der Waals surface area contributed by atoms with E-state index in [1.165, 1.54) is 12.8 Å². The maximum atomic E-state index is 11.9. The van der Waals surface area contributed by atoms with Crippen molar-refractivity contribution in [2.75, 3.05) is 19.7 Å². The van der Waals surface area contributed by atoms with Crippen molar-refractivity contribution < 1.29 is 19.5 Å². The number of hydrogen-bond donors (Lipinski definition) is 2. The second kappa shape index (κ2) is 7.87. The van der Waals surface area contributed by atoms with Gasteiger partial charge in [0, 0.05) is 12.6 Å². The van der Waals surface area contributed by atoms with E-state index in [-0.39, 0.29) is 0 Å². The van der Waals surface area contributed by atoms with Crippen LogP contribution in [0.25, 0.3) is 0 Å². The number of aliphatic carboxylic acids is 1. The van der Waals surface area contributed by atoms with Crippen LogP contribution in [0, 0.1) is 5.92 Å². The molecule has 1 aromatic rings. The number of carbonyl (C=O) groups is 1. The lowest BCUT2D eigenvalue weighted by molar-refractivity contribution is -0.149. The minimum atomic E-state index is -1.13. The van der Waals surface area contributed by atoms with Crippen LogP contribution in [0.4, 0.5) is 0 Å². The molecule has 136 valence electrons.